The first-order valence-electron chi connectivity index (χ1n) is 5.92. The van der Waals surface area contributed by atoms with Crippen LogP contribution in [0.25, 0.3) is 0 Å². The number of aromatic carboxylic acids is 1. The number of rotatable bonds is 4. The molecule has 2 atom stereocenters. The molecule has 6 nitrogen and oxygen atoms in total. The van der Waals surface area contributed by atoms with E-state index in [4.69, 9.17) is 5.11 Å². The van der Waals surface area contributed by atoms with Gasteiger partial charge in [-0.3, -0.25) is 4.68 Å². The van der Waals surface area contributed by atoms with Crippen LogP contribution in [0, 0.1) is 11.8 Å². The van der Waals surface area contributed by atoms with Crippen LogP contribution in [0.1, 0.15) is 24.3 Å². The largest absolute Gasteiger partial charge is 0.476 e. The van der Waals surface area contributed by atoms with E-state index in [0.29, 0.717) is 6.54 Å². The highest BCUT2D eigenvalue weighted by Gasteiger charge is 2.25. The summed E-state index contributed by atoms with van der Waals surface area (Å²) >= 11 is 0. The van der Waals surface area contributed by atoms with Crippen molar-refractivity contribution in [2.24, 2.45) is 11.8 Å². The summed E-state index contributed by atoms with van der Waals surface area (Å²) in [4.78, 5) is 13.0. The van der Waals surface area contributed by atoms with E-state index in [9.17, 15) is 4.79 Å². The van der Waals surface area contributed by atoms with Gasteiger partial charge in [-0.2, -0.15) is 0 Å². The molecule has 1 fully saturated rings. The van der Waals surface area contributed by atoms with Gasteiger partial charge in [-0.1, -0.05) is 19.1 Å². The summed E-state index contributed by atoms with van der Waals surface area (Å²) in [5, 5.41) is 16.1. The van der Waals surface area contributed by atoms with Crippen molar-refractivity contribution in [2.45, 2.75) is 20.4 Å². The van der Waals surface area contributed by atoms with Gasteiger partial charge in [-0.05, 0) is 11.8 Å². The van der Waals surface area contributed by atoms with E-state index in [-0.39, 0.29) is 5.69 Å². The minimum atomic E-state index is -1.03. The molecule has 0 bridgehead atoms. The molecule has 0 radical (unpaired) electrons. The maximum Gasteiger partial charge on any atom is 0.358 e. The average Bonchev–Trinajstić information content (AvgIpc) is 2.84. The molecule has 0 spiro atoms. The first-order valence-corrected chi connectivity index (χ1v) is 5.92. The third-order valence-electron chi connectivity index (χ3n) is 3.47. The number of carbonyl (C=O) groups is 1. The second-order valence-electron chi connectivity index (χ2n) is 4.89. The van der Waals surface area contributed by atoms with Crippen molar-refractivity contribution in [1.82, 2.24) is 19.9 Å². The summed E-state index contributed by atoms with van der Waals surface area (Å²) in [6.45, 7) is 8.35. The molecule has 1 aromatic rings. The van der Waals surface area contributed by atoms with Crippen molar-refractivity contribution in [3.05, 3.63) is 11.9 Å². The maximum absolute atomic E-state index is 10.6. The highest BCUT2D eigenvalue weighted by Crippen LogP contribution is 2.21. The molecule has 1 aliphatic rings. The summed E-state index contributed by atoms with van der Waals surface area (Å²) in [7, 11) is 0. The summed E-state index contributed by atoms with van der Waals surface area (Å²) < 4.78 is 1.59. The van der Waals surface area contributed by atoms with Crippen molar-refractivity contribution in [2.75, 3.05) is 19.6 Å². The number of hydrogen-bond acceptors (Lipinski definition) is 4. The summed E-state index contributed by atoms with van der Waals surface area (Å²) in [5.74, 6) is 0.445. The Labute approximate surface area is 100 Å². The van der Waals surface area contributed by atoms with E-state index in [0.717, 1.165) is 31.5 Å². The number of aromatic nitrogens is 3. The van der Waals surface area contributed by atoms with Gasteiger partial charge < -0.3 is 10.0 Å². The van der Waals surface area contributed by atoms with Crippen molar-refractivity contribution < 1.29 is 9.90 Å². The molecule has 94 valence electrons. The molecule has 0 saturated carbocycles. The predicted molar refractivity (Wildman–Crippen MR) is 61.7 cm³/mol. The van der Waals surface area contributed by atoms with Crippen LogP contribution in [-0.2, 0) is 6.54 Å². The molecule has 2 rings (SSSR count). The first kappa shape index (κ1) is 12.0. The lowest BCUT2D eigenvalue weighted by atomic mass is 10.0. The zero-order valence-electron chi connectivity index (χ0n) is 10.2. The highest BCUT2D eigenvalue weighted by atomic mass is 16.4. The van der Waals surface area contributed by atoms with Crippen LogP contribution in [-0.4, -0.2) is 50.6 Å². The Bertz CT molecular complexity index is 394. The lowest BCUT2D eigenvalue weighted by Gasteiger charge is -2.14. The fourth-order valence-electron chi connectivity index (χ4n) is 2.18. The lowest BCUT2D eigenvalue weighted by Crippen LogP contribution is -2.25. The number of nitrogens with zero attached hydrogens (tertiary/aromatic N) is 4. The van der Waals surface area contributed by atoms with E-state index in [1.54, 1.807) is 4.68 Å². The standard InChI is InChI=1S/C11H18N4O2/c1-8-5-14(6-9(8)2)3-4-15-7-10(11(16)17)12-13-15/h7-9H,3-6H2,1-2H3,(H,16,17). The van der Waals surface area contributed by atoms with Crippen LogP contribution in [0.15, 0.2) is 6.20 Å². The second kappa shape index (κ2) is 4.83. The Hall–Kier alpha value is -1.43. The lowest BCUT2D eigenvalue weighted by molar-refractivity contribution is 0.0690. The first-order chi connectivity index (χ1) is 8.06. The average molecular weight is 238 g/mol. The molecular weight excluding hydrogens is 220 g/mol. The van der Waals surface area contributed by atoms with Crippen molar-refractivity contribution in [1.29, 1.82) is 0 Å². The molecule has 6 heteroatoms. The molecule has 1 saturated heterocycles. The third kappa shape index (κ3) is 2.82. The van der Waals surface area contributed by atoms with Gasteiger partial charge in [0.1, 0.15) is 0 Å². The van der Waals surface area contributed by atoms with Crippen LogP contribution in [0.3, 0.4) is 0 Å². The van der Waals surface area contributed by atoms with E-state index in [2.05, 4.69) is 29.1 Å². The van der Waals surface area contributed by atoms with Gasteiger partial charge in [0, 0.05) is 19.6 Å². The molecule has 0 aromatic carbocycles. The predicted octanol–water partition coefficient (Wildman–Crippen LogP) is 0.564. The zero-order valence-corrected chi connectivity index (χ0v) is 10.2. The molecule has 1 aliphatic heterocycles. The van der Waals surface area contributed by atoms with E-state index in [1.807, 2.05) is 0 Å². The molecule has 0 aliphatic carbocycles. The van der Waals surface area contributed by atoms with Gasteiger partial charge in [0.2, 0.25) is 0 Å². The minimum Gasteiger partial charge on any atom is -0.476 e. The molecule has 2 heterocycles. The van der Waals surface area contributed by atoms with Crippen molar-refractivity contribution in [3.63, 3.8) is 0 Å². The van der Waals surface area contributed by atoms with Crippen LogP contribution in [0.4, 0.5) is 0 Å². The fourth-order valence-corrected chi connectivity index (χ4v) is 2.18. The van der Waals surface area contributed by atoms with Crippen LogP contribution in [0.5, 0.6) is 0 Å². The minimum absolute atomic E-state index is 0.00755. The Kier molecular flexibility index (Phi) is 3.42. The van der Waals surface area contributed by atoms with Crippen LogP contribution in [0.2, 0.25) is 0 Å². The fraction of sp³-hybridized carbons (Fsp3) is 0.727. The molecule has 0 amide bonds. The van der Waals surface area contributed by atoms with Gasteiger partial charge in [-0.15, -0.1) is 5.10 Å². The number of likely N-dealkylation sites (tertiary alicyclic amines) is 1. The van der Waals surface area contributed by atoms with Gasteiger partial charge >= 0.3 is 5.97 Å². The molecule has 1 N–H and O–H groups in total. The SMILES string of the molecule is CC1CN(CCn2cc(C(=O)O)nn2)CC1C. The Balaban J connectivity index is 1.84. The normalized spacial score (nSPS) is 25.3. The van der Waals surface area contributed by atoms with E-state index < -0.39 is 5.97 Å². The molecular formula is C11H18N4O2. The summed E-state index contributed by atoms with van der Waals surface area (Å²) in [5.41, 5.74) is 0.00755. The summed E-state index contributed by atoms with van der Waals surface area (Å²) in [6, 6.07) is 0. The second-order valence-corrected chi connectivity index (χ2v) is 4.89. The van der Waals surface area contributed by atoms with E-state index in [1.165, 1.54) is 6.20 Å². The molecule has 17 heavy (non-hydrogen) atoms. The number of carboxylic acids is 1. The smallest absolute Gasteiger partial charge is 0.358 e. The van der Waals surface area contributed by atoms with Gasteiger partial charge in [-0.25, -0.2) is 4.79 Å². The van der Waals surface area contributed by atoms with Gasteiger partial charge in [0.05, 0.1) is 12.7 Å². The Morgan fingerprint density at radius 2 is 2.06 bits per heavy atom. The maximum atomic E-state index is 10.6. The summed E-state index contributed by atoms with van der Waals surface area (Å²) in [6.07, 6.45) is 1.48. The topological polar surface area (TPSA) is 71.2 Å². The number of carboxylic acid groups (broad SMARTS) is 1. The third-order valence-corrected chi connectivity index (χ3v) is 3.47. The highest BCUT2D eigenvalue weighted by molar-refractivity contribution is 5.84. The Morgan fingerprint density at radius 3 is 2.59 bits per heavy atom. The Morgan fingerprint density at radius 1 is 1.41 bits per heavy atom. The molecule has 2 unspecified atom stereocenters. The van der Waals surface area contributed by atoms with Crippen LogP contribution >= 0.6 is 0 Å². The van der Waals surface area contributed by atoms with Crippen LogP contribution < -0.4 is 0 Å². The van der Waals surface area contributed by atoms with Gasteiger partial charge in [0.15, 0.2) is 5.69 Å². The zero-order chi connectivity index (χ0) is 12.4. The number of hydrogen-bond donors (Lipinski definition) is 1. The van der Waals surface area contributed by atoms with Crippen molar-refractivity contribution in [3.8, 4) is 0 Å². The van der Waals surface area contributed by atoms with E-state index >= 15 is 0 Å². The van der Waals surface area contributed by atoms with Crippen molar-refractivity contribution >= 4 is 5.97 Å². The monoisotopic (exact) mass is 238 g/mol. The van der Waals surface area contributed by atoms with Gasteiger partial charge in [0.25, 0.3) is 0 Å². The quantitative estimate of drug-likeness (QED) is 0.830. The molecule has 1 aromatic heterocycles.